The van der Waals surface area contributed by atoms with E-state index in [4.69, 9.17) is 4.74 Å². The largest absolute Gasteiger partial charge is 0.494 e. The van der Waals surface area contributed by atoms with Gasteiger partial charge in [0.15, 0.2) is 11.6 Å². The molecule has 0 saturated carbocycles. The van der Waals surface area contributed by atoms with Crippen LogP contribution >= 0.6 is 15.9 Å². The van der Waals surface area contributed by atoms with Gasteiger partial charge in [-0.2, -0.15) is 0 Å². The van der Waals surface area contributed by atoms with Crippen LogP contribution in [0.4, 0.5) is 4.39 Å². The zero-order valence-electron chi connectivity index (χ0n) is 10.5. The first-order valence-corrected chi connectivity index (χ1v) is 6.36. The minimum absolute atomic E-state index is 0.180. The summed E-state index contributed by atoms with van der Waals surface area (Å²) in [6, 6.07) is 4.59. The molecule has 1 heterocycles. The Morgan fingerprint density at radius 1 is 1.47 bits per heavy atom. The predicted molar refractivity (Wildman–Crippen MR) is 73.0 cm³/mol. The van der Waals surface area contributed by atoms with Crippen molar-refractivity contribution in [1.29, 1.82) is 0 Å². The van der Waals surface area contributed by atoms with Crippen molar-refractivity contribution >= 4 is 15.9 Å². The summed E-state index contributed by atoms with van der Waals surface area (Å²) in [6.07, 6.45) is 1.45. The van der Waals surface area contributed by atoms with E-state index in [-0.39, 0.29) is 17.9 Å². The minimum Gasteiger partial charge on any atom is -0.494 e. The van der Waals surface area contributed by atoms with Crippen LogP contribution in [0, 0.1) is 12.7 Å². The summed E-state index contributed by atoms with van der Waals surface area (Å²) < 4.78 is 20.2. The normalized spacial score (nSPS) is 10.5. The first-order chi connectivity index (χ1) is 9.02. The summed E-state index contributed by atoms with van der Waals surface area (Å²) in [5.74, 6) is -0.272. The van der Waals surface area contributed by atoms with Gasteiger partial charge in [0.2, 0.25) is 0 Å². The molecule has 0 amide bonds. The number of rotatable bonds is 3. The molecule has 0 fully saturated rings. The summed E-state index contributed by atoms with van der Waals surface area (Å²) in [5, 5.41) is 0. The van der Waals surface area contributed by atoms with Gasteiger partial charge in [0.1, 0.15) is 4.47 Å². The smallest absolute Gasteiger partial charge is 0.268 e. The summed E-state index contributed by atoms with van der Waals surface area (Å²) >= 11 is 3.19. The fraction of sp³-hybridized carbons (Fsp3) is 0.231. The molecule has 0 aliphatic heterocycles. The Morgan fingerprint density at radius 3 is 2.84 bits per heavy atom. The Kier molecular flexibility index (Phi) is 3.99. The molecule has 2 rings (SSSR count). The zero-order chi connectivity index (χ0) is 14.0. The van der Waals surface area contributed by atoms with Crippen LogP contribution in [0.1, 0.15) is 11.3 Å². The van der Waals surface area contributed by atoms with Crippen LogP contribution in [0.15, 0.2) is 33.8 Å². The van der Waals surface area contributed by atoms with Crippen LogP contribution in [0.2, 0.25) is 0 Å². The average Bonchev–Trinajstić information content (AvgIpc) is 2.40. The lowest BCUT2D eigenvalue weighted by Crippen LogP contribution is -2.22. The van der Waals surface area contributed by atoms with E-state index in [2.05, 4.69) is 20.9 Å². The lowest BCUT2D eigenvalue weighted by atomic mass is 10.2. The molecular formula is C13H12BrFN2O2. The fourth-order valence-corrected chi connectivity index (χ4v) is 1.99. The Balaban J connectivity index is 2.34. The molecule has 0 spiro atoms. The maximum Gasteiger partial charge on any atom is 0.268 e. The summed E-state index contributed by atoms with van der Waals surface area (Å²) in [4.78, 5) is 16.0. The number of methoxy groups -OCH3 is 1. The zero-order valence-corrected chi connectivity index (χ0v) is 12.1. The van der Waals surface area contributed by atoms with E-state index < -0.39 is 5.82 Å². The predicted octanol–water partition coefficient (Wildman–Crippen LogP) is 2.51. The van der Waals surface area contributed by atoms with E-state index in [9.17, 15) is 9.18 Å². The Hall–Kier alpha value is -1.69. The highest BCUT2D eigenvalue weighted by molar-refractivity contribution is 9.10. The number of nitrogens with zero attached hydrogens (tertiary/aromatic N) is 2. The van der Waals surface area contributed by atoms with Gasteiger partial charge in [0.05, 0.1) is 25.7 Å². The minimum atomic E-state index is -0.452. The van der Waals surface area contributed by atoms with Gasteiger partial charge in [-0.05, 0) is 40.5 Å². The fourth-order valence-electron chi connectivity index (χ4n) is 1.66. The van der Waals surface area contributed by atoms with Crippen molar-refractivity contribution in [2.45, 2.75) is 13.5 Å². The molecule has 4 nitrogen and oxygen atoms in total. The lowest BCUT2D eigenvalue weighted by Gasteiger charge is -2.08. The molecule has 0 radical (unpaired) electrons. The Bertz CT molecular complexity index is 670. The topological polar surface area (TPSA) is 44.1 Å². The standard InChI is InChI=1S/C13H12BrFN2O2/c1-8-12(14)13(18)17(7-16-8)6-9-3-4-11(19-2)10(15)5-9/h3-5,7H,6H2,1-2H3. The molecular weight excluding hydrogens is 315 g/mol. The lowest BCUT2D eigenvalue weighted by molar-refractivity contribution is 0.386. The number of benzene rings is 1. The van der Waals surface area contributed by atoms with Gasteiger partial charge in [-0.1, -0.05) is 6.07 Å². The monoisotopic (exact) mass is 326 g/mol. The van der Waals surface area contributed by atoms with Crippen LogP contribution in [-0.4, -0.2) is 16.7 Å². The molecule has 2 aromatic rings. The van der Waals surface area contributed by atoms with E-state index >= 15 is 0 Å². The highest BCUT2D eigenvalue weighted by Crippen LogP contribution is 2.18. The van der Waals surface area contributed by atoms with Gasteiger partial charge in [-0.25, -0.2) is 9.37 Å². The van der Waals surface area contributed by atoms with Crippen LogP contribution in [0.5, 0.6) is 5.75 Å². The van der Waals surface area contributed by atoms with E-state index in [1.165, 1.54) is 30.1 Å². The van der Waals surface area contributed by atoms with Gasteiger partial charge in [-0.3, -0.25) is 9.36 Å². The van der Waals surface area contributed by atoms with Crippen LogP contribution in [0.25, 0.3) is 0 Å². The van der Waals surface area contributed by atoms with Crippen LogP contribution < -0.4 is 10.3 Å². The molecule has 0 atom stereocenters. The van der Waals surface area contributed by atoms with E-state index in [1.54, 1.807) is 13.0 Å². The third-order valence-electron chi connectivity index (χ3n) is 2.73. The van der Waals surface area contributed by atoms with Crippen molar-refractivity contribution in [2.75, 3.05) is 7.11 Å². The third kappa shape index (κ3) is 2.84. The Morgan fingerprint density at radius 2 is 2.21 bits per heavy atom. The summed E-state index contributed by atoms with van der Waals surface area (Å²) in [7, 11) is 1.41. The average molecular weight is 327 g/mol. The van der Waals surface area contributed by atoms with Gasteiger partial charge in [0, 0.05) is 0 Å². The first kappa shape index (κ1) is 13.7. The number of aryl methyl sites for hydroxylation is 1. The highest BCUT2D eigenvalue weighted by Gasteiger charge is 2.08. The maximum atomic E-state index is 13.6. The molecule has 0 saturated heterocycles. The number of ether oxygens (including phenoxy) is 1. The summed E-state index contributed by atoms with van der Waals surface area (Å²) in [5.41, 5.74) is 1.10. The second-order valence-electron chi connectivity index (χ2n) is 4.05. The quantitative estimate of drug-likeness (QED) is 0.870. The van der Waals surface area contributed by atoms with E-state index in [1.807, 2.05) is 0 Å². The van der Waals surface area contributed by atoms with Crippen molar-refractivity contribution < 1.29 is 9.13 Å². The number of aromatic nitrogens is 2. The van der Waals surface area contributed by atoms with Crippen molar-refractivity contribution in [3.8, 4) is 5.75 Å². The van der Waals surface area contributed by atoms with Crippen molar-refractivity contribution in [1.82, 2.24) is 9.55 Å². The third-order valence-corrected chi connectivity index (χ3v) is 3.64. The molecule has 19 heavy (non-hydrogen) atoms. The molecule has 0 aliphatic carbocycles. The molecule has 100 valence electrons. The molecule has 1 aromatic heterocycles. The highest BCUT2D eigenvalue weighted by atomic mass is 79.9. The SMILES string of the molecule is COc1ccc(Cn2cnc(C)c(Br)c2=O)cc1F. The van der Waals surface area contributed by atoms with Crippen molar-refractivity contribution in [2.24, 2.45) is 0 Å². The van der Waals surface area contributed by atoms with Gasteiger partial charge < -0.3 is 4.74 Å². The first-order valence-electron chi connectivity index (χ1n) is 5.57. The molecule has 1 aromatic carbocycles. The Labute approximate surface area is 118 Å². The molecule has 0 bridgehead atoms. The van der Waals surface area contributed by atoms with Gasteiger partial charge >= 0.3 is 0 Å². The van der Waals surface area contributed by atoms with Crippen LogP contribution in [-0.2, 0) is 6.54 Å². The molecule has 0 unspecified atom stereocenters. The molecule has 6 heteroatoms. The second-order valence-corrected chi connectivity index (χ2v) is 4.84. The van der Waals surface area contributed by atoms with Crippen LogP contribution in [0.3, 0.4) is 0 Å². The second kappa shape index (κ2) is 5.52. The number of hydrogen-bond donors (Lipinski definition) is 0. The summed E-state index contributed by atoms with van der Waals surface area (Å²) in [6.45, 7) is 1.99. The van der Waals surface area contributed by atoms with Gasteiger partial charge in [-0.15, -0.1) is 0 Å². The number of hydrogen-bond acceptors (Lipinski definition) is 3. The van der Waals surface area contributed by atoms with Crippen molar-refractivity contribution in [3.63, 3.8) is 0 Å². The number of halogens is 2. The molecule has 0 aliphatic rings. The van der Waals surface area contributed by atoms with Gasteiger partial charge in [0.25, 0.3) is 5.56 Å². The van der Waals surface area contributed by atoms with Crippen molar-refractivity contribution in [3.05, 3.63) is 56.4 Å². The maximum absolute atomic E-state index is 13.6. The van der Waals surface area contributed by atoms with E-state index in [0.717, 1.165) is 0 Å². The molecule has 0 N–H and O–H groups in total. The van der Waals surface area contributed by atoms with E-state index in [0.29, 0.717) is 15.7 Å².